The van der Waals surface area contributed by atoms with Crippen molar-refractivity contribution in [1.82, 2.24) is 0 Å². The number of benzene rings is 3. The average Bonchev–Trinajstić information content (AvgIpc) is 3.07. The van der Waals surface area contributed by atoms with Gasteiger partial charge in [0.1, 0.15) is 22.7 Å². The van der Waals surface area contributed by atoms with Crippen LogP contribution in [0.5, 0.6) is 0 Å². The number of aryl methyl sites for hydroxylation is 1. The van der Waals surface area contributed by atoms with Crippen molar-refractivity contribution in [3.05, 3.63) is 77.6 Å². The SMILES string of the molecule is CCOC(=O)c1c(-c2ccc(F)cc2)oc2cc(N)c(-c3ccc(C)cc3)cc12. The first kappa shape index (κ1) is 18.7. The molecule has 4 aromatic rings. The number of ether oxygens (including phenoxy) is 1. The molecular weight excluding hydrogens is 369 g/mol. The van der Waals surface area contributed by atoms with Gasteiger partial charge in [-0.2, -0.15) is 0 Å². The molecule has 0 fully saturated rings. The Balaban J connectivity index is 1.97. The Morgan fingerprint density at radius 2 is 1.69 bits per heavy atom. The number of anilines is 1. The summed E-state index contributed by atoms with van der Waals surface area (Å²) in [6.45, 7) is 3.99. The van der Waals surface area contributed by atoms with Gasteiger partial charge in [-0.1, -0.05) is 29.8 Å². The van der Waals surface area contributed by atoms with Crippen LogP contribution < -0.4 is 5.73 Å². The fourth-order valence-electron chi connectivity index (χ4n) is 3.35. The van der Waals surface area contributed by atoms with E-state index < -0.39 is 5.97 Å². The van der Waals surface area contributed by atoms with Gasteiger partial charge >= 0.3 is 5.97 Å². The van der Waals surface area contributed by atoms with Crippen LogP contribution in [0, 0.1) is 12.7 Å². The summed E-state index contributed by atoms with van der Waals surface area (Å²) in [6.07, 6.45) is 0. The Kier molecular flexibility index (Phi) is 4.80. The summed E-state index contributed by atoms with van der Waals surface area (Å²) in [5.74, 6) is -0.530. The molecule has 0 amide bonds. The molecule has 2 N–H and O–H groups in total. The Morgan fingerprint density at radius 1 is 1.03 bits per heavy atom. The molecule has 0 bridgehead atoms. The van der Waals surface area contributed by atoms with E-state index in [1.165, 1.54) is 12.1 Å². The Labute approximate surface area is 167 Å². The average molecular weight is 389 g/mol. The van der Waals surface area contributed by atoms with E-state index in [9.17, 15) is 9.18 Å². The molecule has 0 radical (unpaired) electrons. The highest BCUT2D eigenvalue weighted by atomic mass is 19.1. The molecule has 0 saturated heterocycles. The van der Waals surface area contributed by atoms with Crippen molar-refractivity contribution < 1.29 is 18.3 Å². The zero-order valence-electron chi connectivity index (χ0n) is 16.2. The van der Waals surface area contributed by atoms with Crippen LogP contribution in [0.25, 0.3) is 33.4 Å². The highest BCUT2D eigenvalue weighted by molar-refractivity contribution is 6.10. The van der Waals surface area contributed by atoms with E-state index in [-0.39, 0.29) is 12.4 Å². The minimum Gasteiger partial charge on any atom is -0.462 e. The number of nitrogen functional groups attached to an aromatic ring is 1. The van der Waals surface area contributed by atoms with Gasteiger partial charge in [0.15, 0.2) is 0 Å². The first-order chi connectivity index (χ1) is 14.0. The second kappa shape index (κ2) is 7.43. The van der Waals surface area contributed by atoms with Crippen LogP contribution in [0.15, 0.2) is 65.1 Å². The maximum Gasteiger partial charge on any atom is 0.342 e. The number of halogens is 1. The van der Waals surface area contributed by atoms with Gasteiger partial charge in [0.05, 0.1) is 6.61 Å². The molecule has 0 spiro atoms. The molecule has 3 aromatic carbocycles. The fraction of sp³-hybridized carbons (Fsp3) is 0.125. The number of fused-ring (bicyclic) bond motifs is 1. The summed E-state index contributed by atoms with van der Waals surface area (Å²) in [5, 5.41) is 0.604. The summed E-state index contributed by atoms with van der Waals surface area (Å²) in [7, 11) is 0. The van der Waals surface area contributed by atoms with Crippen molar-refractivity contribution in [1.29, 1.82) is 0 Å². The van der Waals surface area contributed by atoms with Crippen molar-refractivity contribution in [2.75, 3.05) is 12.3 Å². The number of furan rings is 1. The summed E-state index contributed by atoms with van der Waals surface area (Å²) in [6, 6.07) is 17.3. The summed E-state index contributed by atoms with van der Waals surface area (Å²) < 4.78 is 24.6. The Morgan fingerprint density at radius 3 is 2.34 bits per heavy atom. The smallest absolute Gasteiger partial charge is 0.342 e. The van der Waals surface area contributed by atoms with Gasteiger partial charge in [-0.15, -0.1) is 0 Å². The first-order valence-electron chi connectivity index (χ1n) is 9.34. The van der Waals surface area contributed by atoms with Gasteiger partial charge in [-0.3, -0.25) is 0 Å². The number of carbonyl (C=O) groups is 1. The van der Waals surface area contributed by atoms with Gasteiger partial charge < -0.3 is 14.9 Å². The molecule has 5 heteroatoms. The Bertz CT molecular complexity index is 1190. The number of hydrogen-bond donors (Lipinski definition) is 1. The predicted octanol–water partition coefficient (Wildman–Crippen LogP) is 5.97. The number of nitrogens with two attached hydrogens (primary N) is 1. The number of esters is 1. The molecule has 0 aliphatic rings. The lowest BCUT2D eigenvalue weighted by atomic mass is 9.98. The van der Waals surface area contributed by atoms with Gasteiger partial charge in [0.2, 0.25) is 0 Å². The molecule has 0 unspecified atom stereocenters. The maximum absolute atomic E-state index is 13.4. The van der Waals surface area contributed by atoms with Crippen LogP contribution in [-0.2, 0) is 4.74 Å². The van der Waals surface area contributed by atoms with Gasteiger partial charge in [-0.05, 0) is 49.7 Å². The largest absolute Gasteiger partial charge is 0.462 e. The molecule has 0 aliphatic carbocycles. The number of hydrogen-bond acceptors (Lipinski definition) is 4. The van der Waals surface area contributed by atoms with Crippen LogP contribution in [-0.4, -0.2) is 12.6 Å². The van der Waals surface area contributed by atoms with E-state index >= 15 is 0 Å². The lowest BCUT2D eigenvalue weighted by Gasteiger charge is -2.07. The highest BCUT2D eigenvalue weighted by Gasteiger charge is 2.24. The molecule has 4 rings (SSSR count). The highest BCUT2D eigenvalue weighted by Crippen LogP contribution is 2.39. The fourth-order valence-corrected chi connectivity index (χ4v) is 3.35. The van der Waals surface area contributed by atoms with Crippen LogP contribution in [0.3, 0.4) is 0 Å². The second-order valence-electron chi connectivity index (χ2n) is 6.84. The molecule has 1 aromatic heterocycles. The molecule has 146 valence electrons. The molecule has 1 heterocycles. The molecule has 0 aliphatic heterocycles. The second-order valence-corrected chi connectivity index (χ2v) is 6.84. The zero-order chi connectivity index (χ0) is 20.5. The van der Waals surface area contributed by atoms with Crippen molar-refractivity contribution >= 4 is 22.6 Å². The third-order valence-electron chi connectivity index (χ3n) is 4.81. The monoisotopic (exact) mass is 389 g/mol. The van der Waals surface area contributed by atoms with E-state index in [2.05, 4.69) is 0 Å². The lowest BCUT2D eigenvalue weighted by molar-refractivity contribution is 0.0529. The van der Waals surface area contributed by atoms with Crippen molar-refractivity contribution in [3.8, 4) is 22.5 Å². The van der Waals surface area contributed by atoms with Crippen LogP contribution >= 0.6 is 0 Å². The minimum atomic E-state index is -0.495. The third-order valence-corrected chi connectivity index (χ3v) is 4.81. The quantitative estimate of drug-likeness (QED) is 0.345. The van der Waals surface area contributed by atoms with E-state index in [1.807, 2.05) is 37.3 Å². The van der Waals surface area contributed by atoms with Crippen LogP contribution in [0.2, 0.25) is 0 Å². The van der Waals surface area contributed by atoms with Gasteiger partial charge in [-0.25, -0.2) is 9.18 Å². The lowest BCUT2D eigenvalue weighted by Crippen LogP contribution is -2.05. The van der Waals surface area contributed by atoms with Gasteiger partial charge in [0.25, 0.3) is 0 Å². The molecular formula is C24H20FNO3. The van der Waals surface area contributed by atoms with Crippen LogP contribution in [0.1, 0.15) is 22.8 Å². The molecule has 4 nitrogen and oxygen atoms in total. The minimum absolute atomic E-state index is 0.230. The van der Waals surface area contributed by atoms with Crippen molar-refractivity contribution in [2.45, 2.75) is 13.8 Å². The predicted molar refractivity (Wildman–Crippen MR) is 112 cm³/mol. The van der Waals surface area contributed by atoms with E-state index in [0.29, 0.717) is 33.5 Å². The molecule has 0 saturated carbocycles. The standard InChI is InChI=1S/C24H20FNO3/c1-3-28-24(27)22-19-12-18(15-6-4-14(2)5-7-15)20(26)13-21(19)29-23(22)16-8-10-17(25)11-9-16/h4-13H,3,26H2,1-2H3. The summed E-state index contributed by atoms with van der Waals surface area (Å²) in [4.78, 5) is 12.8. The zero-order valence-corrected chi connectivity index (χ0v) is 16.2. The van der Waals surface area contributed by atoms with Gasteiger partial charge in [0, 0.05) is 28.3 Å². The molecule has 29 heavy (non-hydrogen) atoms. The van der Waals surface area contributed by atoms with E-state index in [4.69, 9.17) is 14.9 Å². The van der Waals surface area contributed by atoms with E-state index in [1.54, 1.807) is 25.1 Å². The topological polar surface area (TPSA) is 65.5 Å². The Hall–Kier alpha value is -3.60. The first-order valence-corrected chi connectivity index (χ1v) is 9.34. The van der Waals surface area contributed by atoms with Crippen molar-refractivity contribution in [3.63, 3.8) is 0 Å². The summed E-state index contributed by atoms with van der Waals surface area (Å²) in [5.41, 5.74) is 11.1. The van der Waals surface area contributed by atoms with Crippen molar-refractivity contribution in [2.24, 2.45) is 0 Å². The number of rotatable bonds is 4. The third kappa shape index (κ3) is 3.47. The van der Waals surface area contributed by atoms with Crippen LogP contribution in [0.4, 0.5) is 10.1 Å². The normalized spacial score (nSPS) is 11.0. The molecule has 0 atom stereocenters. The summed E-state index contributed by atoms with van der Waals surface area (Å²) >= 11 is 0. The number of carbonyl (C=O) groups excluding carboxylic acids is 1. The maximum atomic E-state index is 13.4. The van der Waals surface area contributed by atoms with E-state index in [0.717, 1.165) is 16.7 Å².